The van der Waals surface area contributed by atoms with E-state index in [4.69, 9.17) is 0 Å². The molecule has 4 aliphatic heterocycles. The Bertz CT molecular complexity index is 5060. The highest BCUT2D eigenvalue weighted by Gasteiger charge is 2.52. The number of benzene rings is 2. The number of aryl methyl sites for hydroxylation is 2. The van der Waals surface area contributed by atoms with Crippen molar-refractivity contribution in [3.8, 4) is 71.0 Å². The summed E-state index contributed by atoms with van der Waals surface area (Å²) in [6.07, 6.45) is 40.1. The van der Waals surface area contributed by atoms with Crippen LogP contribution in [0.25, 0.3) is 93.8 Å². The van der Waals surface area contributed by atoms with Gasteiger partial charge in [0.15, 0.2) is 0 Å². The first-order valence-corrected chi connectivity index (χ1v) is 53.3. The highest BCUT2D eigenvalue weighted by atomic mass is 32.1. The van der Waals surface area contributed by atoms with Crippen molar-refractivity contribution >= 4 is 137 Å². The van der Waals surface area contributed by atoms with E-state index in [1.807, 2.05) is 64.9 Å². The molecule has 8 aromatic heterocycles. The topological polar surface area (TPSA) is 81.2 Å². The molecule has 638 valence electrons. The van der Waals surface area contributed by atoms with Crippen molar-refractivity contribution in [3.63, 3.8) is 0 Å². The molecule has 0 bridgehead atoms. The second-order valence-electron chi connectivity index (χ2n) is 34.3. The molecular weight excluding hydrogens is 1640 g/mol. The van der Waals surface area contributed by atoms with Crippen molar-refractivity contribution in [1.82, 2.24) is 19.6 Å². The highest BCUT2D eigenvalue weighted by Crippen LogP contribution is 2.59. The van der Waals surface area contributed by atoms with E-state index >= 15 is 19.2 Å². The van der Waals surface area contributed by atoms with E-state index in [1.165, 1.54) is 162 Å². The Morgan fingerprint density at radius 2 is 0.463 bits per heavy atom. The standard InChI is InChI=1S/C105H126N4O4S8/c1-9-17-25-33-41-73-45-49-81(114-73)83-53-55-85(118-83)87-57-61-91(120-87)99-95-93(101(110)108(99)67-39-31-23-15-7)97(106(103(95)112)65-37-29-21-13-5)89-59-51-79(116-89)71-43-47-75-76-48-44-72(70-78(76)105(77(75)69-71,63-35-27-19-11-3)64-36-28-20-12-4)80-52-60-90(117-80)98-94-96(104(113)107(98)66-38-30-22-14-6)100(109(102(94)111)68-40-32-24-16-8)92-62-58-88(121-92)86-56-54-84(119-86)82-50-46-74(115-82)42-34-26-18-10-2/h43-62,69-70H,9-42,63-68H2,1-8H3. The Morgan fingerprint density at radius 1 is 0.231 bits per heavy atom. The quantitative estimate of drug-likeness (QED) is 0.0356. The van der Waals surface area contributed by atoms with Crippen molar-refractivity contribution in [2.45, 2.75) is 292 Å². The predicted molar refractivity (Wildman–Crippen MR) is 525 cm³/mol. The van der Waals surface area contributed by atoms with Crippen molar-refractivity contribution in [2.75, 3.05) is 26.2 Å². The normalized spacial score (nSPS) is 15.0. The summed E-state index contributed by atoms with van der Waals surface area (Å²) in [6.45, 7) is 20.4. The lowest BCUT2D eigenvalue weighted by Crippen LogP contribution is -2.30. The summed E-state index contributed by atoms with van der Waals surface area (Å²) in [5.41, 5.74) is 13.0. The number of hydrogen-bond acceptors (Lipinski definition) is 12. The molecule has 0 atom stereocenters. The summed E-state index contributed by atoms with van der Waals surface area (Å²) < 4.78 is 0. The second kappa shape index (κ2) is 42.2. The van der Waals surface area contributed by atoms with Gasteiger partial charge in [-0.2, -0.15) is 0 Å². The molecule has 5 aliphatic rings. The van der Waals surface area contributed by atoms with Crippen LogP contribution in [0.4, 0.5) is 0 Å². The minimum Gasteiger partial charge on any atom is -0.306 e. The van der Waals surface area contributed by atoms with Gasteiger partial charge in [-0.05, 0) is 207 Å². The van der Waals surface area contributed by atoms with Gasteiger partial charge in [-0.1, -0.05) is 247 Å². The van der Waals surface area contributed by atoms with Crippen LogP contribution >= 0.6 is 90.7 Å². The molecule has 0 unspecified atom stereocenters. The zero-order chi connectivity index (χ0) is 83.9. The average molecular weight is 1760 g/mol. The fourth-order valence-corrected chi connectivity index (χ4v) is 27.7. The lowest BCUT2D eigenvalue weighted by Gasteiger charge is -2.33. The van der Waals surface area contributed by atoms with Crippen LogP contribution in [0.2, 0.25) is 0 Å². The van der Waals surface area contributed by atoms with Gasteiger partial charge in [0.25, 0.3) is 23.6 Å². The Balaban J connectivity index is 0.776. The lowest BCUT2D eigenvalue weighted by atomic mass is 9.70. The second-order valence-corrected chi connectivity index (χ2v) is 43.2. The molecule has 0 fully saturated rings. The van der Waals surface area contributed by atoms with E-state index in [9.17, 15) is 0 Å². The molecule has 10 aromatic rings. The number of carbonyl (C=O) groups excluding carboxylic acids is 4. The number of amides is 4. The van der Waals surface area contributed by atoms with Crippen molar-refractivity contribution in [2.24, 2.45) is 0 Å². The summed E-state index contributed by atoms with van der Waals surface area (Å²) in [7, 11) is 0. The van der Waals surface area contributed by atoms with Crippen molar-refractivity contribution < 1.29 is 19.2 Å². The van der Waals surface area contributed by atoms with Gasteiger partial charge in [-0.3, -0.25) is 19.2 Å². The van der Waals surface area contributed by atoms with Crippen LogP contribution in [0.1, 0.15) is 314 Å². The summed E-state index contributed by atoms with van der Waals surface area (Å²) in [4.78, 5) is 90.2. The van der Waals surface area contributed by atoms with Crippen LogP contribution in [-0.2, 0) is 37.4 Å². The number of unbranched alkanes of at least 4 members (excludes halogenated alkanes) is 24. The fraction of sp³-hybridized carbons (Fsp3) is 0.467. The Hall–Kier alpha value is -7.12. The molecule has 0 N–H and O–H groups in total. The summed E-state index contributed by atoms with van der Waals surface area (Å²) >= 11 is 14.4. The molecule has 4 amide bonds. The number of carbonyl (C=O) groups is 4. The van der Waals surface area contributed by atoms with Crippen molar-refractivity contribution in [3.05, 3.63) is 196 Å². The predicted octanol–water partition coefficient (Wildman–Crippen LogP) is 32.6. The van der Waals surface area contributed by atoms with E-state index in [2.05, 4.69) is 189 Å². The van der Waals surface area contributed by atoms with Gasteiger partial charge >= 0.3 is 0 Å². The number of hydrogen-bond donors (Lipinski definition) is 0. The van der Waals surface area contributed by atoms with E-state index in [1.54, 1.807) is 45.3 Å². The Morgan fingerprint density at radius 3 is 0.752 bits per heavy atom. The number of thiophene rings is 8. The van der Waals surface area contributed by atoms with Gasteiger partial charge in [0.05, 0.1) is 64.6 Å². The molecule has 16 heteroatoms. The van der Waals surface area contributed by atoms with Crippen LogP contribution in [0.5, 0.6) is 0 Å². The molecule has 0 spiro atoms. The van der Waals surface area contributed by atoms with Gasteiger partial charge in [0.1, 0.15) is 0 Å². The molecular formula is C105H126N4O4S8. The minimum atomic E-state index is -0.253. The zero-order valence-electron chi connectivity index (χ0n) is 73.2. The Labute approximate surface area is 754 Å². The molecule has 12 heterocycles. The van der Waals surface area contributed by atoms with Crippen LogP contribution in [-0.4, -0.2) is 69.4 Å². The van der Waals surface area contributed by atoms with Crippen LogP contribution in [0, 0.1) is 0 Å². The number of nitrogens with zero attached hydrogens (tertiary/aromatic N) is 4. The maximum Gasteiger partial charge on any atom is 0.261 e. The monoisotopic (exact) mass is 1760 g/mol. The molecule has 1 aliphatic carbocycles. The fourth-order valence-electron chi connectivity index (χ4n) is 19.0. The third kappa shape index (κ3) is 19.2. The zero-order valence-corrected chi connectivity index (χ0v) is 79.7. The number of fused-ring (bicyclic) bond motifs is 5. The average Bonchev–Trinajstić information content (AvgIpc) is 1.56. The first-order chi connectivity index (χ1) is 59.4. The smallest absolute Gasteiger partial charge is 0.261 e. The molecule has 0 radical (unpaired) electrons. The summed E-state index contributed by atoms with van der Waals surface area (Å²) in [5, 5.41) is 0. The molecule has 2 aromatic carbocycles. The lowest BCUT2D eigenvalue weighted by molar-refractivity contribution is -0.124. The van der Waals surface area contributed by atoms with Gasteiger partial charge in [-0.15, -0.1) is 90.7 Å². The van der Waals surface area contributed by atoms with Crippen molar-refractivity contribution in [1.29, 1.82) is 0 Å². The molecule has 15 rings (SSSR count). The van der Waals surface area contributed by atoms with Crippen LogP contribution in [0.15, 0.2) is 156 Å². The van der Waals surface area contributed by atoms with Gasteiger partial charge in [0, 0.05) is 90.1 Å². The molecule has 121 heavy (non-hydrogen) atoms. The van der Waals surface area contributed by atoms with E-state index < -0.39 is 0 Å². The van der Waals surface area contributed by atoms with Gasteiger partial charge < -0.3 is 19.6 Å². The molecule has 8 nitrogen and oxygen atoms in total. The highest BCUT2D eigenvalue weighted by molar-refractivity contribution is 7.27. The van der Waals surface area contributed by atoms with Gasteiger partial charge in [-0.25, -0.2) is 0 Å². The molecule has 0 saturated heterocycles. The minimum absolute atomic E-state index is 0.0462. The molecule has 0 saturated carbocycles. The third-order valence-corrected chi connectivity index (χ3v) is 35.3. The van der Waals surface area contributed by atoms with E-state index in [-0.39, 0.29) is 29.0 Å². The van der Waals surface area contributed by atoms with Crippen LogP contribution in [0.3, 0.4) is 0 Å². The first-order valence-electron chi connectivity index (χ1n) is 46.7. The maximum atomic E-state index is 15.8. The maximum absolute atomic E-state index is 15.8. The van der Waals surface area contributed by atoms with E-state index in [0.717, 1.165) is 203 Å². The largest absolute Gasteiger partial charge is 0.306 e. The third-order valence-electron chi connectivity index (χ3n) is 25.6. The first kappa shape index (κ1) is 88.7. The summed E-state index contributed by atoms with van der Waals surface area (Å²) in [5.74, 6) is -0.185. The van der Waals surface area contributed by atoms with Crippen LogP contribution < -0.4 is 0 Å². The van der Waals surface area contributed by atoms with Gasteiger partial charge in [0.2, 0.25) is 0 Å². The number of rotatable bonds is 50. The Kier molecular flexibility index (Phi) is 31.0. The van der Waals surface area contributed by atoms with E-state index in [0.29, 0.717) is 48.5 Å². The SMILES string of the molecule is CCCCCCc1ccc(-c2ccc(-c3ccc(C4=C5C(=O)N(CCCCCC)C(c6ccc(-c7ccc8c(c7)C(CCCCCC)(CCCCCC)c7cc(-c9ccc(C%10=C%11C(=O)N(CCCCCC)C(c%12ccc(-c%13ccc(-c%14ccc(CCCCCC)s%14)s%13)s%12)=C%11C(=O)N%10CCCCCC)s9)ccc7-8)s6)=C5C(=O)N4CCCCCC)s3)s2)s1. The summed E-state index contributed by atoms with van der Waals surface area (Å²) in [6, 6.07) is 50.7.